The smallest absolute Gasteiger partial charge is 0.337 e. The van der Waals surface area contributed by atoms with Gasteiger partial charge < -0.3 is 14.6 Å². The number of phenolic OH excluding ortho intramolecular Hbond substituents is 1. The van der Waals surface area contributed by atoms with Gasteiger partial charge in [-0.15, -0.1) is 0 Å². The van der Waals surface area contributed by atoms with Crippen molar-refractivity contribution in [2.45, 2.75) is 0 Å². The number of benzene rings is 2. The van der Waals surface area contributed by atoms with Gasteiger partial charge in [0.15, 0.2) is 5.78 Å². The largest absolute Gasteiger partial charge is 0.507 e. The molecule has 0 fully saturated rings. The van der Waals surface area contributed by atoms with Crippen LogP contribution in [0.3, 0.4) is 0 Å². The van der Waals surface area contributed by atoms with Gasteiger partial charge in [0.1, 0.15) is 11.5 Å². The fourth-order valence-electron chi connectivity index (χ4n) is 1.95. The minimum Gasteiger partial charge on any atom is -0.507 e. The summed E-state index contributed by atoms with van der Waals surface area (Å²) in [5, 5.41) is 9.81. The molecular weight excluding hydrogens is 296 g/mol. The van der Waals surface area contributed by atoms with Crippen LogP contribution < -0.4 is 4.74 Å². The Kier molecular flexibility index (Phi) is 5.15. The van der Waals surface area contributed by atoms with Crippen molar-refractivity contribution in [3.8, 4) is 11.5 Å². The number of carbonyl (C=O) groups excluding carboxylic acids is 2. The van der Waals surface area contributed by atoms with Gasteiger partial charge in [0.05, 0.1) is 19.8 Å². The molecule has 0 atom stereocenters. The van der Waals surface area contributed by atoms with E-state index in [9.17, 15) is 14.7 Å². The highest BCUT2D eigenvalue weighted by molar-refractivity contribution is 6.07. The molecule has 0 spiro atoms. The highest BCUT2D eigenvalue weighted by Crippen LogP contribution is 2.21. The van der Waals surface area contributed by atoms with Gasteiger partial charge in [0.25, 0.3) is 0 Å². The zero-order valence-electron chi connectivity index (χ0n) is 12.8. The molecule has 0 aliphatic carbocycles. The lowest BCUT2D eigenvalue weighted by Gasteiger charge is -2.03. The minimum atomic E-state index is -0.513. The SMILES string of the molecule is COC(=O)c1ccc(O)c(/C=C/C(=O)c2ccc(OC)cc2)c1. The molecule has 2 aromatic carbocycles. The number of phenols is 1. The number of methoxy groups -OCH3 is 2. The first-order valence-corrected chi connectivity index (χ1v) is 6.83. The van der Waals surface area contributed by atoms with E-state index in [1.165, 1.54) is 37.5 Å². The first-order chi connectivity index (χ1) is 11.0. The van der Waals surface area contributed by atoms with Crippen molar-refractivity contribution in [3.05, 3.63) is 65.2 Å². The molecule has 2 rings (SSSR count). The third-order valence-corrected chi connectivity index (χ3v) is 3.24. The van der Waals surface area contributed by atoms with Crippen molar-refractivity contribution >= 4 is 17.8 Å². The Bertz CT molecular complexity index is 745. The molecule has 5 heteroatoms. The Morgan fingerprint density at radius 3 is 2.26 bits per heavy atom. The van der Waals surface area contributed by atoms with Crippen molar-refractivity contribution < 1.29 is 24.2 Å². The molecule has 118 valence electrons. The summed E-state index contributed by atoms with van der Waals surface area (Å²) in [5.74, 6) is -0.109. The highest BCUT2D eigenvalue weighted by atomic mass is 16.5. The molecule has 0 bridgehead atoms. The van der Waals surface area contributed by atoms with Crippen LogP contribution in [0.5, 0.6) is 11.5 Å². The fraction of sp³-hybridized carbons (Fsp3) is 0.111. The maximum absolute atomic E-state index is 12.1. The quantitative estimate of drug-likeness (QED) is 0.522. The third-order valence-electron chi connectivity index (χ3n) is 3.24. The monoisotopic (exact) mass is 312 g/mol. The van der Waals surface area contributed by atoms with Gasteiger partial charge in [-0.05, 0) is 54.6 Å². The van der Waals surface area contributed by atoms with E-state index >= 15 is 0 Å². The van der Waals surface area contributed by atoms with Gasteiger partial charge in [-0.1, -0.05) is 0 Å². The second-order valence-electron chi connectivity index (χ2n) is 4.69. The zero-order chi connectivity index (χ0) is 16.8. The van der Waals surface area contributed by atoms with E-state index in [2.05, 4.69) is 4.74 Å². The Balaban J connectivity index is 2.21. The second kappa shape index (κ2) is 7.26. The van der Waals surface area contributed by atoms with Crippen molar-refractivity contribution in [1.82, 2.24) is 0 Å². The molecule has 0 radical (unpaired) electrons. The van der Waals surface area contributed by atoms with Crippen LogP contribution in [0, 0.1) is 0 Å². The first-order valence-electron chi connectivity index (χ1n) is 6.83. The Morgan fingerprint density at radius 1 is 1.00 bits per heavy atom. The molecule has 0 aliphatic rings. The number of hydrogen-bond acceptors (Lipinski definition) is 5. The zero-order valence-corrected chi connectivity index (χ0v) is 12.8. The van der Waals surface area contributed by atoms with Gasteiger partial charge in [-0.25, -0.2) is 4.79 Å². The highest BCUT2D eigenvalue weighted by Gasteiger charge is 2.08. The maximum Gasteiger partial charge on any atom is 0.337 e. The molecule has 23 heavy (non-hydrogen) atoms. The number of ether oxygens (including phenoxy) is 2. The predicted molar refractivity (Wildman–Crippen MR) is 85.8 cm³/mol. The Morgan fingerprint density at radius 2 is 1.65 bits per heavy atom. The molecule has 0 aromatic heterocycles. The number of rotatable bonds is 5. The molecule has 0 saturated carbocycles. The van der Waals surface area contributed by atoms with Crippen LogP contribution in [0.2, 0.25) is 0 Å². The minimum absolute atomic E-state index is 0.0311. The lowest BCUT2D eigenvalue weighted by Crippen LogP contribution is -2.01. The van der Waals surface area contributed by atoms with E-state index in [0.29, 0.717) is 22.4 Å². The first kappa shape index (κ1) is 16.3. The summed E-state index contributed by atoms with van der Waals surface area (Å²) in [6.07, 6.45) is 2.78. The average molecular weight is 312 g/mol. The standard InChI is InChI=1S/C18H16O5/c1-22-15-7-3-12(4-8-15)16(19)9-5-13-11-14(18(21)23-2)6-10-17(13)20/h3-11,20H,1-2H3/b9-5+. The van der Waals surface area contributed by atoms with E-state index in [-0.39, 0.29) is 11.5 Å². The Hall–Kier alpha value is -3.08. The molecule has 0 aliphatic heterocycles. The number of aromatic hydroxyl groups is 1. The molecular formula is C18H16O5. The van der Waals surface area contributed by atoms with E-state index in [4.69, 9.17) is 4.74 Å². The van der Waals surface area contributed by atoms with Crippen molar-refractivity contribution in [2.24, 2.45) is 0 Å². The maximum atomic E-state index is 12.1. The summed E-state index contributed by atoms with van der Waals surface area (Å²) in [7, 11) is 2.83. The number of allylic oxidation sites excluding steroid dienone is 1. The summed E-state index contributed by atoms with van der Waals surface area (Å²) >= 11 is 0. The summed E-state index contributed by atoms with van der Waals surface area (Å²) in [6.45, 7) is 0. The lowest BCUT2D eigenvalue weighted by molar-refractivity contribution is 0.0600. The lowest BCUT2D eigenvalue weighted by atomic mass is 10.1. The fourth-order valence-corrected chi connectivity index (χ4v) is 1.95. The van der Waals surface area contributed by atoms with E-state index in [1.807, 2.05) is 0 Å². The Labute approximate surface area is 133 Å². The van der Waals surface area contributed by atoms with Crippen LogP contribution in [-0.2, 0) is 4.74 Å². The normalized spacial score (nSPS) is 10.5. The molecule has 0 amide bonds. The summed E-state index contributed by atoms with van der Waals surface area (Å²) in [4.78, 5) is 23.6. The van der Waals surface area contributed by atoms with Crippen LogP contribution in [0.25, 0.3) is 6.08 Å². The summed E-state index contributed by atoms with van der Waals surface area (Å²) in [5.41, 5.74) is 1.14. The van der Waals surface area contributed by atoms with E-state index in [1.54, 1.807) is 31.4 Å². The van der Waals surface area contributed by atoms with E-state index < -0.39 is 5.97 Å². The molecule has 0 saturated heterocycles. The second-order valence-corrected chi connectivity index (χ2v) is 4.69. The van der Waals surface area contributed by atoms with Crippen LogP contribution in [0.4, 0.5) is 0 Å². The average Bonchev–Trinajstić information content (AvgIpc) is 2.60. The summed E-state index contributed by atoms with van der Waals surface area (Å²) in [6, 6.07) is 11.0. The third kappa shape index (κ3) is 3.97. The van der Waals surface area contributed by atoms with Crippen LogP contribution in [-0.4, -0.2) is 31.1 Å². The van der Waals surface area contributed by atoms with Gasteiger partial charge >= 0.3 is 5.97 Å². The predicted octanol–water partition coefficient (Wildman–Crippen LogP) is 3.08. The summed E-state index contributed by atoms with van der Waals surface area (Å²) < 4.78 is 9.66. The molecule has 5 nitrogen and oxygen atoms in total. The number of ketones is 1. The van der Waals surface area contributed by atoms with Gasteiger partial charge in [0, 0.05) is 11.1 Å². The molecule has 2 aromatic rings. The van der Waals surface area contributed by atoms with Crippen LogP contribution in [0.1, 0.15) is 26.3 Å². The van der Waals surface area contributed by atoms with Gasteiger partial charge in [-0.3, -0.25) is 4.79 Å². The van der Waals surface area contributed by atoms with Crippen molar-refractivity contribution in [1.29, 1.82) is 0 Å². The topological polar surface area (TPSA) is 72.8 Å². The molecule has 0 unspecified atom stereocenters. The molecule has 0 heterocycles. The van der Waals surface area contributed by atoms with Crippen molar-refractivity contribution in [2.75, 3.05) is 14.2 Å². The van der Waals surface area contributed by atoms with Crippen LogP contribution in [0.15, 0.2) is 48.5 Å². The number of hydrogen-bond donors (Lipinski definition) is 1. The van der Waals surface area contributed by atoms with E-state index in [0.717, 1.165) is 0 Å². The van der Waals surface area contributed by atoms with Crippen LogP contribution >= 0.6 is 0 Å². The number of esters is 1. The van der Waals surface area contributed by atoms with Crippen molar-refractivity contribution in [3.63, 3.8) is 0 Å². The van der Waals surface area contributed by atoms with Gasteiger partial charge in [0.2, 0.25) is 0 Å². The molecule has 1 N–H and O–H groups in total. The number of carbonyl (C=O) groups is 2. The van der Waals surface area contributed by atoms with Gasteiger partial charge in [-0.2, -0.15) is 0 Å².